The lowest BCUT2D eigenvalue weighted by molar-refractivity contribution is -0.384. The van der Waals surface area contributed by atoms with Crippen LogP contribution in [0.2, 0.25) is 5.02 Å². The van der Waals surface area contributed by atoms with Gasteiger partial charge in [-0.1, -0.05) is 30.9 Å². The van der Waals surface area contributed by atoms with E-state index >= 15 is 0 Å². The topological polar surface area (TPSA) is 85.0 Å². The number of nitrogens with zero attached hydrogens (tertiary/aromatic N) is 3. The first-order valence-electron chi connectivity index (χ1n) is 8.10. The smallest absolute Gasteiger partial charge is 0.271 e. The molecule has 1 aliphatic rings. The van der Waals surface area contributed by atoms with Gasteiger partial charge in [0.2, 0.25) is 0 Å². The van der Waals surface area contributed by atoms with Gasteiger partial charge in [0, 0.05) is 18.2 Å². The van der Waals surface area contributed by atoms with Crippen molar-refractivity contribution < 1.29 is 4.92 Å². The third kappa shape index (κ3) is 4.26. The lowest BCUT2D eigenvalue weighted by Crippen LogP contribution is -2.23. The van der Waals surface area contributed by atoms with E-state index in [-0.39, 0.29) is 5.69 Å². The number of nitrogens with one attached hydrogen (secondary N) is 2. The standard InChI is InChI=1S/C16H18ClN5O2S/c17-13-7-6-12(22(23)24)10-14(13)19-16(25)20-15-8-9-18-21(15)11-4-2-1-3-5-11/h6-11H,1-5H2,(H2,19,20,25). The van der Waals surface area contributed by atoms with Crippen LogP contribution in [-0.4, -0.2) is 19.8 Å². The molecule has 0 aliphatic heterocycles. The van der Waals surface area contributed by atoms with E-state index < -0.39 is 4.92 Å². The summed E-state index contributed by atoms with van der Waals surface area (Å²) in [6.07, 6.45) is 7.62. The number of thiocarbonyl (C=S) groups is 1. The number of non-ortho nitro benzene ring substituents is 1. The predicted octanol–water partition coefficient (Wildman–Crippen LogP) is 4.76. The second-order valence-corrected chi connectivity index (χ2v) is 6.77. The first-order valence-corrected chi connectivity index (χ1v) is 8.88. The first-order chi connectivity index (χ1) is 12.0. The molecule has 0 unspecified atom stereocenters. The van der Waals surface area contributed by atoms with Gasteiger partial charge in [-0.15, -0.1) is 0 Å². The Bertz CT molecular complexity index is 789. The molecule has 132 valence electrons. The average molecular weight is 380 g/mol. The molecule has 1 heterocycles. The molecule has 1 fully saturated rings. The van der Waals surface area contributed by atoms with Crippen LogP contribution in [-0.2, 0) is 0 Å². The lowest BCUT2D eigenvalue weighted by atomic mass is 9.96. The molecule has 0 spiro atoms. The Labute approximate surface area is 155 Å². The van der Waals surface area contributed by atoms with Gasteiger partial charge < -0.3 is 10.6 Å². The number of halogens is 1. The molecule has 2 N–H and O–H groups in total. The van der Waals surface area contributed by atoms with Gasteiger partial charge in [-0.2, -0.15) is 5.10 Å². The first kappa shape index (κ1) is 17.6. The normalized spacial score (nSPS) is 14.9. The number of rotatable bonds is 4. The van der Waals surface area contributed by atoms with Gasteiger partial charge in [-0.05, 0) is 31.1 Å². The maximum absolute atomic E-state index is 10.9. The number of hydrogen-bond donors (Lipinski definition) is 2. The Kier molecular flexibility index (Phi) is 5.50. The Balaban J connectivity index is 1.70. The van der Waals surface area contributed by atoms with E-state index in [1.807, 2.05) is 10.7 Å². The van der Waals surface area contributed by atoms with E-state index in [0.29, 0.717) is 21.9 Å². The Morgan fingerprint density at radius 3 is 2.76 bits per heavy atom. The molecular formula is C16H18ClN5O2S. The molecular weight excluding hydrogens is 362 g/mol. The van der Waals surface area contributed by atoms with Crippen LogP contribution in [0.5, 0.6) is 0 Å². The van der Waals surface area contributed by atoms with Crippen LogP contribution < -0.4 is 10.6 Å². The molecule has 0 amide bonds. The predicted molar refractivity (Wildman–Crippen MR) is 102 cm³/mol. The lowest BCUT2D eigenvalue weighted by Gasteiger charge is -2.24. The second kappa shape index (κ2) is 7.79. The minimum Gasteiger partial charge on any atom is -0.331 e. The second-order valence-electron chi connectivity index (χ2n) is 5.95. The number of benzene rings is 1. The number of nitro groups is 1. The average Bonchev–Trinajstić information content (AvgIpc) is 3.05. The van der Waals surface area contributed by atoms with E-state index in [1.165, 1.54) is 37.5 Å². The number of aromatic nitrogens is 2. The van der Waals surface area contributed by atoms with Crippen molar-refractivity contribution in [1.82, 2.24) is 9.78 Å². The highest BCUT2D eigenvalue weighted by atomic mass is 35.5. The summed E-state index contributed by atoms with van der Waals surface area (Å²) >= 11 is 11.4. The van der Waals surface area contributed by atoms with Gasteiger partial charge in [0.15, 0.2) is 5.11 Å². The molecule has 25 heavy (non-hydrogen) atoms. The van der Waals surface area contributed by atoms with E-state index in [0.717, 1.165) is 18.7 Å². The molecule has 3 rings (SSSR count). The minimum atomic E-state index is -0.476. The SMILES string of the molecule is O=[N+]([O-])c1ccc(Cl)c(NC(=S)Nc2ccnn2C2CCCCC2)c1. The van der Waals surface area contributed by atoms with Crippen LogP contribution in [0.25, 0.3) is 0 Å². The number of nitro benzene ring substituents is 1. The van der Waals surface area contributed by atoms with Gasteiger partial charge in [0.05, 0.1) is 27.9 Å². The van der Waals surface area contributed by atoms with Gasteiger partial charge in [-0.25, -0.2) is 4.68 Å². The fraction of sp³-hybridized carbons (Fsp3) is 0.375. The summed E-state index contributed by atoms with van der Waals surface area (Å²) in [5, 5.41) is 22.0. The highest BCUT2D eigenvalue weighted by Gasteiger charge is 2.19. The van der Waals surface area contributed by atoms with Gasteiger partial charge >= 0.3 is 0 Å². The van der Waals surface area contributed by atoms with E-state index in [2.05, 4.69) is 15.7 Å². The number of hydrogen-bond acceptors (Lipinski definition) is 4. The molecule has 1 aliphatic carbocycles. The zero-order valence-electron chi connectivity index (χ0n) is 13.4. The summed E-state index contributed by atoms with van der Waals surface area (Å²) < 4.78 is 1.96. The van der Waals surface area contributed by atoms with Gasteiger partial charge in [0.25, 0.3) is 5.69 Å². The maximum Gasteiger partial charge on any atom is 0.271 e. The highest BCUT2D eigenvalue weighted by molar-refractivity contribution is 7.80. The van der Waals surface area contributed by atoms with Crippen LogP contribution >= 0.6 is 23.8 Å². The van der Waals surface area contributed by atoms with Crippen molar-refractivity contribution in [3.63, 3.8) is 0 Å². The monoisotopic (exact) mass is 379 g/mol. The summed E-state index contributed by atoms with van der Waals surface area (Å²) in [6.45, 7) is 0. The summed E-state index contributed by atoms with van der Waals surface area (Å²) in [6, 6.07) is 6.40. The van der Waals surface area contributed by atoms with Crippen LogP contribution in [0.3, 0.4) is 0 Å². The molecule has 1 aromatic heterocycles. The van der Waals surface area contributed by atoms with Gasteiger partial charge in [-0.3, -0.25) is 10.1 Å². The summed E-state index contributed by atoms with van der Waals surface area (Å²) in [5.74, 6) is 0.797. The van der Waals surface area contributed by atoms with Crippen LogP contribution in [0, 0.1) is 10.1 Å². The summed E-state index contributed by atoms with van der Waals surface area (Å²) in [7, 11) is 0. The van der Waals surface area contributed by atoms with Crippen molar-refractivity contribution >= 4 is 46.1 Å². The van der Waals surface area contributed by atoms with Crippen molar-refractivity contribution in [1.29, 1.82) is 0 Å². The molecule has 2 aromatic rings. The molecule has 1 aromatic carbocycles. The molecule has 0 radical (unpaired) electrons. The molecule has 0 bridgehead atoms. The summed E-state index contributed by atoms with van der Waals surface area (Å²) in [5.41, 5.74) is 0.332. The van der Waals surface area contributed by atoms with Crippen molar-refractivity contribution in [3.05, 3.63) is 45.6 Å². The fourth-order valence-corrected chi connectivity index (χ4v) is 3.40. The van der Waals surface area contributed by atoms with Crippen molar-refractivity contribution in [2.24, 2.45) is 0 Å². The molecule has 1 saturated carbocycles. The fourth-order valence-electron chi connectivity index (χ4n) is 3.02. The zero-order chi connectivity index (χ0) is 17.8. The Morgan fingerprint density at radius 2 is 2.04 bits per heavy atom. The summed E-state index contributed by atoms with van der Waals surface area (Å²) in [4.78, 5) is 10.4. The molecule has 0 saturated heterocycles. The maximum atomic E-state index is 10.9. The van der Waals surface area contributed by atoms with E-state index in [4.69, 9.17) is 23.8 Å². The van der Waals surface area contributed by atoms with Crippen LogP contribution in [0.1, 0.15) is 38.1 Å². The largest absolute Gasteiger partial charge is 0.331 e. The van der Waals surface area contributed by atoms with Crippen LogP contribution in [0.4, 0.5) is 17.2 Å². The molecule has 0 atom stereocenters. The third-order valence-electron chi connectivity index (χ3n) is 4.24. The zero-order valence-corrected chi connectivity index (χ0v) is 15.0. The molecule has 9 heteroatoms. The Hall–Kier alpha value is -2.19. The van der Waals surface area contributed by atoms with Crippen molar-refractivity contribution in [2.45, 2.75) is 38.1 Å². The van der Waals surface area contributed by atoms with Gasteiger partial charge in [0.1, 0.15) is 5.82 Å². The van der Waals surface area contributed by atoms with Crippen molar-refractivity contribution in [2.75, 3.05) is 10.6 Å². The number of anilines is 2. The minimum absolute atomic E-state index is 0.0538. The van der Waals surface area contributed by atoms with E-state index in [9.17, 15) is 10.1 Å². The van der Waals surface area contributed by atoms with Crippen molar-refractivity contribution in [3.8, 4) is 0 Å². The molecule has 7 nitrogen and oxygen atoms in total. The third-order valence-corrected chi connectivity index (χ3v) is 4.78. The highest BCUT2D eigenvalue weighted by Crippen LogP contribution is 2.30. The Morgan fingerprint density at radius 1 is 1.28 bits per heavy atom. The quantitative estimate of drug-likeness (QED) is 0.452. The van der Waals surface area contributed by atoms with Crippen LogP contribution in [0.15, 0.2) is 30.5 Å². The van der Waals surface area contributed by atoms with E-state index in [1.54, 1.807) is 6.20 Å².